The number of rotatable bonds is 7. The second-order valence-corrected chi connectivity index (χ2v) is 5.66. The fourth-order valence-corrected chi connectivity index (χ4v) is 2.34. The molecule has 0 spiro atoms. The SMILES string of the molecule is CCCCOc1ccc(/C=C/C(=O)Nc2ccc3c(c2)OCO3)cc1. The first-order valence-corrected chi connectivity index (χ1v) is 8.36. The Morgan fingerprint density at radius 3 is 2.76 bits per heavy atom. The summed E-state index contributed by atoms with van der Waals surface area (Å²) in [5, 5.41) is 2.80. The summed E-state index contributed by atoms with van der Waals surface area (Å²) in [6.07, 6.45) is 5.41. The van der Waals surface area contributed by atoms with Gasteiger partial charge < -0.3 is 19.5 Å². The third-order valence-electron chi connectivity index (χ3n) is 3.71. The van der Waals surface area contributed by atoms with Crippen molar-refractivity contribution in [3.8, 4) is 17.2 Å². The molecule has 5 nitrogen and oxygen atoms in total. The number of nitrogens with one attached hydrogen (secondary N) is 1. The molecule has 1 amide bonds. The number of carbonyl (C=O) groups is 1. The zero-order valence-electron chi connectivity index (χ0n) is 14.2. The fourth-order valence-electron chi connectivity index (χ4n) is 2.34. The van der Waals surface area contributed by atoms with E-state index in [1.54, 1.807) is 24.3 Å². The summed E-state index contributed by atoms with van der Waals surface area (Å²) in [6.45, 7) is 3.07. The van der Waals surface area contributed by atoms with Gasteiger partial charge in [-0.2, -0.15) is 0 Å². The summed E-state index contributed by atoms with van der Waals surface area (Å²) in [7, 11) is 0. The van der Waals surface area contributed by atoms with Crippen LogP contribution in [0.5, 0.6) is 17.2 Å². The molecule has 0 aliphatic carbocycles. The maximum absolute atomic E-state index is 12.0. The van der Waals surface area contributed by atoms with Gasteiger partial charge in [-0.1, -0.05) is 25.5 Å². The van der Waals surface area contributed by atoms with E-state index in [4.69, 9.17) is 14.2 Å². The van der Waals surface area contributed by atoms with Gasteiger partial charge in [0.1, 0.15) is 5.75 Å². The van der Waals surface area contributed by atoms with E-state index in [2.05, 4.69) is 12.2 Å². The molecule has 0 unspecified atom stereocenters. The number of hydrogen-bond donors (Lipinski definition) is 1. The molecule has 0 bridgehead atoms. The molecule has 0 saturated carbocycles. The van der Waals surface area contributed by atoms with Gasteiger partial charge in [-0.25, -0.2) is 0 Å². The standard InChI is InChI=1S/C20H21NO4/c1-2-3-12-23-17-8-4-15(5-9-17)6-11-20(22)21-16-7-10-18-19(13-16)25-14-24-18/h4-11,13H,2-3,12,14H2,1H3,(H,21,22)/b11-6+. The molecule has 1 aliphatic rings. The first-order valence-electron chi connectivity index (χ1n) is 8.36. The van der Waals surface area contributed by atoms with Crippen LogP contribution in [-0.4, -0.2) is 19.3 Å². The van der Waals surface area contributed by atoms with E-state index in [1.165, 1.54) is 6.08 Å². The van der Waals surface area contributed by atoms with Crippen LogP contribution in [0.25, 0.3) is 6.08 Å². The van der Waals surface area contributed by atoms with Crippen LogP contribution < -0.4 is 19.5 Å². The Hall–Kier alpha value is -2.95. The van der Waals surface area contributed by atoms with E-state index >= 15 is 0 Å². The summed E-state index contributed by atoms with van der Waals surface area (Å²) in [5.74, 6) is 1.97. The maximum Gasteiger partial charge on any atom is 0.248 e. The zero-order chi connectivity index (χ0) is 17.5. The molecule has 1 aliphatic heterocycles. The van der Waals surface area contributed by atoms with Crippen LogP contribution in [0.1, 0.15) is 25.3 Å². The summed E-state index contributed by atoms with van der Waals surface area (Å²) in [4.78, 5) is 12.0. The van der Waals surface area contributed by atoms with Crippen LogP contribution in [0, 0.1) is 0 Å². The molecule has 3 rings (SSSR count). The lowest BCUT2D eigenvalue weighted by Crippen LogP contribution is -2.07. The minimum atomic E-state index is -0.206. The summed E-state index contributed by atoms with van der Waals surface area (Å²) in [5.41, 5.74) is 1.60. The number of unbranched alkanes of at least 4 members (excludes halogenated alkanes) is 1. The maximum atomic E-state index is 12.0. The van der Waals surface area contributed by atoms with E-state index in [0.29, 0.717) is 17.2 Å². The lowest BCUT2D eigenvalue weighted by atomic mass is 10.2. The van der Waals surface area contributed by atoms with Gasteiger partial charge in [0.05, 0.1) is 6.61 Å². The van der Waals surface area contributed by atoms with Crippen LogP contribution in [0.15, 0.2) is 48.5 Å². The largest absolute Gasteiger partial charge is 0.494 e. The van der Waals surface area contributed by atoms with E-state index in [9.17, 15) is 4.79 Å². The summed E-state index contributed by atoms with van der Waals surface area (Å²) < 4.78 is 16.2. The molecule has 25 heavy (non-hydrogen) atoms. The number of carbonyl (C=O) groups excluding carboxylic acids is 1. The molecule has 1 heterocycles. The Labute approximate surface area is 147 Å². The highest BCUT2D eigenvalue weighted by Gasteiger charge is 2.13. The lowest BCUT2D eigenvalue weighted by molar-refractivity contribution is -0.111. The van der Waals surface area contributed by atoms with Crippen LogP contribution >= 0.6 is 0 Å². The Balaban J connectivity index is 1.53. The van der Waals surface area contributed by atoms with E-state index in [1.807, 2.05) is 24.3 Å². The minimum absolute atomic E-state index is 0.206. The first-order chi connectivity index (χ1) is 12.2. The topological polar surface area (TPSA) is 56.8 Å². The number of benzene rings is 2. The number of fused-ring (bicyclic) bond motifs is 1. The average Bonchev–Trinajstić information content (AvgIpc) is 3.09. The summed E-state index contributed by atoms with van der Waals surface area (Å²) in [6, 6.07) is 13.0. The predicted molar refractivity (Wildman–Crippen MR) is 97.1 cm³/mol. The zero-order valence-corrected chi connectivity index (χ0v) is 14.2. The van der Waals surface area contributed by atoms with E-state index in [0.717, 1.165) is 30.8 Å². The Kier molecular flexibility index (Phi) is 5.57. The second-order valence-electron chi connectivity index (χ2n) is 5.66. The number of ether oxygens (including phenoxy) is 3. The Morgan fingerprint density at radius 1 is 1.16 bits per heavy atom. The molecule has 1 N–H and O–H groups in total. The van der Waals surface area contributed by atoms with Gasteiger partial charge in [0.2, 0.25) is 12.7 Å². The summed E-state index contributed by atoms with van der Waals surface area (Å²) >= 11 is 0. The number of anilines is 1. The molecule has 0 atom stereocenters. The molecular weight excluding hydrogens is 318 g/mol. The highest BCUT2D eigenvalue weighted by Crippen LogP contribution is 2.34. The molecule has 0 saturated heterocycles. The van der Waals surface area contributed by atoms with Gasteiger partial charge in [0.15, 0.2) is 11.5 Å². The van der Waals surface area contributed by atoms with Gasteiger partial charge >= 0.3 is 0 Å². The molecule has 130 valence electrons. The average molecular weight is 339 g/mol. The molecule has 5 heteroatoms. The van der Waals surface area contributed by atoms with Gasteiger partial charge in [-0.3, -0.25) is 4.79 Å². The molecule has 2 aromatic carbocycles. The smallest absolute Gasteiger partial charge is 0.248 e. The van der Waals surface area contributed by atoms with Crippen molar-refractivity contribution in [1.29, 1.82) is 0 Å². The van der Waals surface area contributed by atoms with Crippen LogP contribution in [0.4, 0.5) is 5.69 Å². The Bertz CT molecular complexity index is 753. The van der Waals surface area contributed by atoms with Crippen molar-refractivity contribution in [3.63, 3.8) is 0 Å². The Morgan fingerprint density at radius 2 is 1.96 bits per heavy atom. The lowest BCUT2D eigenvalue weighted by Gasteiger charge is -2.05. The van der Waals surface area contributed by atoms with Gasteiger partial charge in [0, 0.05) is 17.8 Å². The highest BCUT2D eigenvalue weighted by molar-refractivity contribution is 6.02. The quantitative estimate of drug-likeness (QED) is 0.605. The molecular formula is C20H21NO4. The van der Waals surface area contributed by atoms with Crippen molar-refractivity contribution < 1.29 is 19.0 Å². The third-order valence-corrected chi connectivity index (χ3v) is 3.71. The predicted octanol–water partition coefficient (Wildman–Crippen LogP) is 4.25. The van der Waals surface area contributed by atoms with Crippen molar-refractivity contribution in [2.75, 3.05) is 18.7 Å². The highest BCUT2D eigenvalue weighted by atomic mass is 16.7. The molecule has 0 fully saturated rings. The van der Waals surface area contributed by atoms with Crippen molar-refractivity contribution >= 4 is 17.7 Å². The van der Waals surface area contributed by atoms with E-state index < -0.39 is 0 Å². The van der Waals surface area contributed by atoms with E-state index in [-0.39, 0.29) is 12.7 Å². The van der Waals surface area contributed by atoms with Crippen LogP contribution in [-0.2, 0) is 4.79 Å². The number of hydrogen-bond acceptors (Lipinski definition) is 4. The van der Waals surface area contributed by atoms with Crippen molar-refractivity contribution in [2.45, 2.75) is 19.8 Å². The third kappa shape index (κ3) is 4.76. The second kappa shape index (κ2) is 8.24. The molecule has 0 aromatic heterocycles. The van der Waals surface area contributed by atoms with Crippen molar-refractivity contribution in [2.24, 2.45) is 0 Å². The minimum Gasteiger partial charge on any atom is -0.494 e. The fraction of sp³-hybridized carbons (Fsp3) is 0.250. The van der Waals surface area contributed by atoms with Crippen LogP contribution in [0.2, 0.25) is 0 Å². The normalized spacial score (nSPS) is 12.4. The van der Waals surface area contributed by atoms with Crippen LogP contribution in [0.3, 0.4) is 0 Å². The van der Waals surface area contributed by atoms with Crippen molar-refractivity contribution in [1.82, 2.24) is 0 Å². The van der Waals surface area contributed by atoms with Gasteiger partial charge in [-0.05, 0) is 42.3 Å². The first kappa shape index (κ1) is 16.9. The molecule has 2 aromatic rings. The number of amides is 1. The monoisotopic (exact) mass is 339 g/mol. The van der Waals surface area contributed by atoms with Crippen molar-refractivity contribution in [3.05, 3.63) is 54.1 Å². The van der Waals surface area contributed by atoms with Gasteiger partial charge in [-0.15, -0.1) is 0 Å². The molecule has 0 radical (unpaired) electrons. The van der Waals surface area contributed by atoms with Gasteiger partial charge in [0.25, 0.3) is 0 Å².